The average Bonchev–Trinajstić information content (AvgIpc) is 2.30. The summed E-state index contributed by atoms with van der Waals surface area (Å²) in [7, 11) is 1.96. The van der Waals surface area contributed by atoms with E-state index in [4.69, 9.17) is 4.74 Å². The normalized spacial score (nSPS) is 24.4. The maximum Gasteiger partial charge on any atom is 0.316 e. The lowest BCUT2D eigenvalue weighted by molar-refractivity contribution is -0.151. The molecule has 1 unspecified atom stereocenters. The van der Waals surface area contributed by atoms with Gasteiger partial charge in [0.1, 0.15) is 11.7 Å². The number of hydrogen-bond acceptors (Lipinski definition) is 4. The van der Waals surface area contributed by atoms with E-state index in [-0.39, 0.29) is 11.8 Å². The smallest absolute Gasteiger partial charge is 0.316 e. The Hall–Kier alpha value is -0.900. The van der Waals surface area contributed by atoms with Crippen molar-refractivity contribution in [2.75, 3.05) is 26.7 Å². The number of nitrogens with zero attached hydrogens (tertiary/aromatic N) is 1. The van der Waals surface area contributed by atoms with Crippen LogP contribution in [0.1, 0.15) is 19.8 Å². The molecule has 1 saturated heterocycles. The lowest BCUT2D eigenvalue weighted by atomic mass is 10.00. The Bertz CT molecular complexity index is 219. The molecule has 80 valence electrons. The van der Waals surface area contributed by atoms with Crippen molar-refractivity contribution < 1.29 is 14.3 Å². The zero-order valence-corrected chi connectivity index (χ0v) is 8.78. The summed E-state index contributed by atoms with van der Waals surface area (Å²) in [6.45, 7) is 3.63. The van der Waals surface area contributed by atoms with Crippen LogP contribution in [-0.2, 0) is 14.3 Å². The van der Waals surface area contributed by atoms with Crippen LogP contribution in [0.5, 0.6) is 0 Å². The minimum atomic E-state index is -0.528. The maximum atomic E-state index is 11.5. The molecule has 0 saturated carbocycles. The summed E-state index contributed by atoms with van der Waals surface area (Å²) in [6, 6.07) is 0. The molecule has 0 amide bonds. The van der Waals surface area contributed by atoms with E-state index in [0.717, 1.165) is 13.1 Å². The molecule has 1 aliphatic rings. The van der Waals surface area contributed by atoms with Gasteiger partial charge in [-0.3, -0.25) is 9.59 Å². The third-order valence-corrected chi connectivity index (χ3v) is 2.50. The molecule has 0 spiro atoms. The number of ether oxygens (including phenoxy) is 1. The first-order valence-electron chi connectivity index (χ1n) is 5.03. The number of hydrogen-bond donors (Lipinski definition) is 0. The average molecular weight is 199 g/mol. The Labute approximate surface area is 84.2 Å². The fourth-order valence-corrected chi connectivity index (χ4v) is 1.59. The molecule has 0 bridgehead atoms. The second kappa shape index (κ2) is 5.10. The van der Waals surface area contributed by atoms with Crippen molar-refractivity contribution in [1.29, 1.82) is 0 Å². The first-order chi connectivity index (χ1) is 6.65. The van der Waals surface area contributed by atoms with Crippen LogP contribution in [0, 0.1) is 5.92 Å². The number of Topliss-reactive ketones (excluding diaryl/α,β-unsaturated/α-hetero) is 1. The van der Waals surface area contributed by atoms with Gasteiger partial charge < -0.3 is 9.64 Å². The molecule has 0 radical (unpaired) electrons. The molecular weight excluding hydrogens is 182 g/mol. The van der Waals surface area contributed by atoms with E-state index >= 15 is 0 Å². The van der Waals surface area contributed by atoms with Crippen LogP contribution in [0.2, 0.25) is 0 Å². The van der Waals surface area contributed by atoms with Crippen molar-refractivity contribution in [1.82, 2.24) is 4.90 Å². The van der Waals surface area contributed by atoms with Gasteiger partial charge in [-0.2, -0.15) is 0 Å². The molecule has 4 nitrogen and oxygen atoms in total. The number of likely N-dealkylation sites (tertiary alicyclic amines) is 1. The molecule has 0 N–H and O–H groups in total. The molecule has 0 aromatic carbocycles. The highest BCUT2D eigenvalue weighted by Crippen LogP contribution is 2.14. The predicted octanol–water partition coefficient (Wildman–Crippen LogP) is 0.460. The van der Waals surface area contributed by atoms with Gasteiger partial charge in [-0.15, -0.1) is 0 Å². The number of esters is 1. The van der Waals surface area contributed by atoms with E-state index in [9.17, 15) is 9.59 Å². The summed E-state index contributed by atoms with van der Waals surface area (Å²) in [6.07, 6.45) is 1.05. The van der Waals surface area contributed by atoms with E-state index in [2.05, 4.69) is 4.90 Å². The van der Waals surface area contributed by atoms with Crippen molar-refractivity contribution in [3.63, 3.8) is 0 Å². The van der Waals surface area contributed by atoms with Crippen molar-refractivity contribution in [2.24, 2.45) is 5.92 Å². The summed E-state index contributed by atoms with van der Waals surface area (Å²) < 4.78 is 4.86. The highest BCUT2D eigenvalue weighted by atomic mass is 16.5. The van der Waals surface area contributed by atoms with Gasteiger partial charge in [-0.05, 0) is 26.9 Å². The molecule has 1 fully saturated rings. The van der Waals surface area contributed by atoms with Crippen LogP contribution in [0.25, 0.3) is 0 Å². The summed E-state index contributed by atoms with van der Waals surface area (Å²) >= 11 is 0. The molecule has 0 aromatic rings. The van der Waals surface area contributed by atoms with Crippen LogP contribution in [-0.4, -0.2) is 43.4 Å². The first-order valence-corrected chi connectivity index (χ1v) is 5.03. The van der Waals surface area contributed by atoms with Gasteiger partial charge in [0.15, 0.2) is 0 Å². The Balaban J connectivity index is 2.57. The molecule has 1 aliphatic heterocycles. The third-order valence-electron chi connectivity index (χ3n) is 2.50. The standard InChI is InChI=1S/C10H17NO3/c1-3-14-10(13)8-4-6-11(2)7-5-9(8)12/h8H,3-7H2,1-2H3. The van der Waals surface area contributed by atoms with Crippen molar-refractivity contribution in [3.8, 4) is 0 Å². The largest absolute Gasteiger partial charge is 0.465 e. The van der Waals surface area contributed by atoms with Gasteiger partial charge in [-0.25, -0.2) is 0 Å². The zero-order valence-electron chi connectivity index (χ0n) is 8.78. The highest BCUT2D eigenvalue weighted by molar-refractivity contribution is 5.99. The lowest BCUT2D eigenvalue weighted by Gasteiger charge is -2.12. The second-order valence-electron chi connectivity index (χ2n) is 3.61. The fraction of sp³-hybridized carbons (Fsp3) is 0.800. The van der Waals surface area contributed by atoms with Crippen LogP contribution in [0.4, 0.5) is 0 Å². The Morgan fingerprint density at radius 1 is 1.57 bits per heavy atom. The van der Waals surface area contributed by atoms with E-state index in [1.54, 1.807) is 6.92 Å². The van der Waals surface area contributed by atoms with Gasteiger partial charge >= 0.3 is 5.97 Å². The van der Waals surface area contributed by atoms with Crippen molar-refractivity contribution in [3.05, 3.63) is 0 Å². The third kappa shape index (κ3) is 2.80. The number of carbonyl (C=O) groups excluding carboxylic acids is 2. The Morgan fingerprint density at radius 2 is 2.29 bits per heavy atom. The van der Waals surface area contributed by atoms with Crippen LogP contribution < -0.4 is 0 Å². The zero-order chi connectivity index (χ0) is 10.6. The molecular formula is C10H17NO3. The van der Waals surface area contributed by atoms with E-state index < -0.39 is 5.92 Å². The fourth-order valence-electron chi connectivity index (χ4n) is 1.59. The molecule has 0 aromatic heterocycles. The quantitative estimate of drug-likeness (QED) is 0.479. The summed E-state index contributed by atoms with van der Waals surface area (Å²) in [5.41, 5.74) is 0. The molecule has 1 atom stereocenters. The topological polar surface area (TPSA) is 46.6 Å². The Morgan fingerprint density at radius 3 is 2.93 bits per heavy atom. The maximum absolute atomic E-state index is 11.5. The number of carbonyl (C=O) groups is 2. The van der Waals surface area contributed by atoms with E-state index in [1.165, 1.54) is 0 Å². The van der Waals surface area contributed by atoms with Crippen LogP contribution in [0.3, 0.4) is 0 Å². The van der Waals surface area contributed by atoms with Gasteiger partial charge in [0.2, 0.25) is 0 Å². The second-order valence-corrected chi connectivity index (χ2v) is 3.61. The van der Waals surface area contributed by atoms with Gasteiger partial charge in [0, 0.05) is 13.0 Å². The van der Waals surface area contributed by atoms with Gasteiger partial charge in [0.25, 0.3) is 0 Å². The highest BCUT2D eigenvalue weighted by Gasteiger charge is 2.29. The van der Waals surface area contributed by atoms with Crippen LogP contribution in [0.15, 0.2) is 0 Å². The van der Waals surface area contributed by atoms with E-state index in [0.29, 0.717) is 19.4 Å². The molecule has 0 aliphatic carbocycles. The summed E-state index contributed by atoms with van der Waals surface area (Å²) in [4.78, 5) is 25.0. The minimum absolute atomic E-state index is 0.0211. The molecule has 1 heterocycles. The summed E-state index contributed by atoms with van der Waals surface area (Å²) in [5, 5.41) is 0. The van der Waals surface area contributed by atoms with Crippen molar-refractivity contribution >= 4 is 11.8 Å². The Kier molecular flexibility index (Phi) is 4.07. The molecule has 4 heteroatoms. The molecule has 1 rings (SSSR count). The predicted molar refractivity (Wildman–Crippen MR) is 51.9 cm³/mol. The number of rotatable bonds is 2. The van der Waals surface area contributed by atoms with Crippen molar-refractivity contribution in [2.45, 2.75) is 19.8 Å². The van der Waals surface area contributed by atoms with E-state index in [1.807, 2.05) is 7.05 Å². The SMILES string of the molecule is CCOC(=O)C1CCN(C)CCC1=O. The minimum Gasteiger partial charge on any atom is -0.465 e. The number of ketones is 1. The van der Waals surface area contributed by atoms with Gasteiger partial charge in [-0.1, -0.05) is 0 Å². The lowest BCUT2D eigenvalue weighted by Crippen LogP contribution is -2.26. The molecule has 14 heavy (non-hydrogen) atoms. The monoisotopic (exact) mass is 199 g/mol. The van der Waals surface area contributed by atoms with Gasteiger partial charge in [0.05, 0.1) is 6.61 Å². The van der Waals surface area contributed by atoms with Crippen LogP contribution >= 0.6 is 0 Å². The first kappa shape index (κ1) is 11.2. The summed E-state index contributed by atoms with van der Waals surface area (Å²) in [5.74, 6) is -0.861.